The van der Waals surface area contributed by atoms with Gasteiger partial charge in [-0.25, -0.2) is 0 Å². The van der Waals surface area contributed by atoms with Crippen LogP contribution >= 0.6 is 0 Å². The minimum atomic E-state index is -1.71. The van der Waals surface area contributed by atoms with Gasteiger partial charge in [0, 0.05) is 24.7 Å². The van der Waals surface area contributed by atoms with Crippen molar-refractivity contribution in [3.8, 4) is 0 Å². The van der Waals surface area contributed by atoms with Crippen molar-refractivity contribution in [1.82, 2.24) is 0 Å². The average Bonchev–Trinajstić information content (AvgIpc) is 3.67. The highest BCUT2D eigenvalue weighted by Crippen LogP contribution is 2.71. The number of Topliss-reactive ketones (excluding diaryl/α,β-unsaturated/α-hetero) is 1. The molecule has 0 aromatic carbocycles. The van der Waals surface area contributed by atoms with Crippen molar-refractivity contribution in [3.05, 3.63) is 0 Å². The minimum absolute atomic E-state index is 0.0760. The molecule has 60 heavy (non-hydrogen) atoms. The smallest absolute Gasteiger partial charge is 0.186 e. The first-order valence-electron chi connectivity index (χ1n) is 22.6. The van der Waals surface area contributed by atoms with Gasteiger partial charge in [-0.2, -0.15) is 0 Å². The standard InChI is InChI=1S/C43H68O17/c1-18-5-10-43(56-14-18)19(2)30-28(60-43)13-23-21-12-25(44)24-11-20(6-8-41(24,3)22(21)7-9-42(23,30)4)57-40-36(52)33(49)37(59-39-35(51)32(48)27(46)16-54-39)29(58-40)17-55-38-34(50)31(47)26(45)15-53-38/h18-24,26-40,45-52H,5-17H2,1-4H3/t18-,19+,20+,21-,22+,23+,24-,26+,27-,28+,29-,30+,31+,32+,33-,34-,35-,36-,37-,38+,39+,40-,41-,42+,43-/m1/s1. The number of fused-ring (bicyclic) bond motifs is 7. The highest BCUT2D eigenvalue weighted by atomic mass is 16.8. The van der Waals surface area contributed by atoms with E-state index in [9.17, 15) is 45.6 Å². The van der Waals surface area contributed by atoms with Gasteiger partial charge < -0.3 is 78.7 Å². The second-order valence-corrected chi connectivity index (χ2v) is 20.6. The fourth-order valence-corrected chi connectivity index (χ4v) is 13.8. The van der Waals surface area contributed by atoms with E-state index in [0.717, 1.165) is 45.1 Å². The summed E-state index contributed by atoms with van der Waals surface area (Å²) < 4.78 is 48.5. The lowest BCUT2D eigenvalue weighted by Gasteiger charge is -2.60. The van der Waals surface area contributed by atoms with Crippen LogP contribution in [0.1, 0.15) is 85.5 Å². The zero-order chi connectivity index (χ0) is 42.6. The van der Waals surface area contributed by atoms with E-state index < -0.39 is 98.4 Å². The quantitative estimate of drug-likeness (QED) is 0.153. The number of rotatable bonds is 7. The molecule has 342 valence electrons. The summed E-state index contributed by atoms with van der Waals surface area (Å²) in [6.07, 6.45) is -12.5. The molecule has 4 saturated carbocycles. The van der Waals surface area contributed by atoms with Gasteiger partial charge in [0.15, 0.2) is 24.7 Å². The van der Waals surface area contributed by atoms with Crippen LogP contribution in [0.4, 0.5) is 0 Å². The molecule has 0 aromatic heterocycles. The van der Waals surface area contributed by atoms with Crippen LogP contribution in [0.2, 0.25) is 0 Å². The molecule has 5 saturated heterocycles. The number of aliphatic hydroxyl groups is 8. The lowest BCUT2D eigenvalue weighted by atomic mass is 9.44. The lowest BCUT2D eigenvalue weighted by Crippen LogP contribution is -2.64. The number of hydrogen-bond acceptors (Lipinski definition) is 17. The molecule has 9 fully saturated rings. The molecule has 1 spiro atoms. The molecule has 0 unspecified atom stereocenters. The van der Waals surface area contributed by atoms with E-state index in [1.165, 1.54) is 0 Å². The second-order valence-electron chi connectivity index (χ2n) is 20.6. The van der Waals surface area contributed by atoms with Crippen LogP contribution in [0.15, 0.2) is 0 Å². The lowest BCUT2D eigenvalue weighted by molar-refractivity contribution is -0.361. The monoisotopic (exact) mass is 856 g/mol. The Hall–Kier alpha value is -0.970. The molecule has 17 heteroatoms. The second kappa shape index (κ2) is 16.5. The van der Waals surface area contributed by atoms with Crippen LogP contribution in [0.5, 0.6) is 0 Å². The Bertz CT molecular complexity index is 1550. The molecular formula is C43H68O17. The van der Waals surface area contributed by atoms with Crippen molar-refractivity contribution in [2.24, 2.45) is 52.3 Å². The fraction of sp³-hybridized carbons (Fsp3) is 0.977. The Balaban J connectivity index is 0.871. The largest absolute Gasteiger partial charge is 0.388 e. The van der Waals surface area contributed by atoms with Crippen molar-refractivity contribution in [3.63, 3.8) is 0 Å². The number of hydrogen-bond donors (Lipinski definition) is 8. The summed E-state index contributed by atoms with van der Waals surface area (Å²) in [6.45, 7) is 8.90. The Morgan fingerprint density at radius 3 is 2.07 bits per heavy atom. The van der Waals surface area contributed by atoms with E-state index in [-0.39, 0.29) is 47.8 Å². The topological polar surface area (TPSA) is 253 Å². The third-order valence-corrected chi connectivity index (χ3v) is 17.3. The van der Waals surface area contributed by atoms with Gasteiger partial charge in [0.25, 0.3) is 0 Å². The average molecular weight is 857 g/mol. The Labute approximate surface area is 350 Å². The van der Waals surface area contributed by atoms with Crippen LogP contribution in [-0.2, 0) is 42.7 Å². The first kappa shape index (κ1) is 44.2. The van der Waals surface area contributed by atoms with Crippen molar-refractivity contribution in [2.75, 3.05) is 26.4 Å². The molecule has 5 aliphatic heterocycles. The molecule has 9 aliphatic rings. The number of ketones is 1. The Morgan fingerprint density at radius 2 is 1.37 bits per heavy atom. The molecule has 0 radical (unpaired) electrons. The molecule has 8 N–H and O–H groups in total. The third kappa shape index (κ3) is 7.26. The first-order chi connectivity index (χ1) is 28.5. The van der Waals surface area contributed by atoms with Crippen molar-refractivity contribution in [1.29, 1.82) is 0 Å². The number of carbonyl (C=O) groups excluding carboxylic acids is 1. The summed E-state index contributed by atoms with van der Waals surface area (Å²) in [7, 11) is 0. The third-order valence-electron chi connectivity index (χ3n) is 17.3. The summed E-state index contributed by atoms with van der Waals surface area (Å²) in [4.78, 5) is 14.4. The van der Waals surface area contributed by atoms with Crippen molar-refractivity contribution in [2.45, 2.75) is 183 Å². The van der Waals surface area contributed by atoms with Gasteiger partial charge >= 0.3 is 0 Å². The summed E-state index contributed by atoms with van der Waals surface area (Å²) in [6, 6.07) is 0. The molecule has 0 aromatic rings. The molecule has 5 heterocycles. The van der Waals surface area contributed by atoms with E-state index >= 15 is 0 Å². The van der Waals surface area contributed by atoms with Gasteiger partial charge in [-0.15, -0.1) is 0 Å². The molecule has 25 atom stereocenters. The van der Waals surface area contributed by atoms with E-state index in [0.29, 0.717) is 48.9 Å². The molecular weight excluding hydrogens is 788 g/mol. The van der Waals surface area contributed by atoms with Crippen LogP contribution < -0.4 is 0 Å². The molecule has 9 rings (SSSR count). The molecule has 4 aliphatic carbocycles. The maximum Gasteiger partial charge on any atom is 0.186 e. The zero-order valence-corrected chi connectivity index (χ0v) is 35.1. The number of aliphatic hydroxyl groups excluding tert-OH is 8. The number of ether oxygens (including phenoxy) is 8. The summed E-state index contributed by atoms with van der Waals surface area (Å²) in [5.41, 5.74) is -0.152. The predicted molar refractivity (Wildman–Crippen MR) is 204 cm³/mol. The number of carbonyl (C=O) groups is 1. The van der Waals surface area contributed by atoms with E-state index in [2.05, 4.69) is 27.7 Å². The van der Waals surface area contributed by atoms with E-state index in [1.54, 1.807) is 0 Å². The predicted octanol–water partition coefficient (Wildman–Crippen LogP) is -0.276. The maximum atomic E-state index is 14.4. The summed E-state index contributed by atoms with van der Waals surface area (Å²) in [5, 5.41) is 84.3. The van der Waals surface area contributed by atoms with Crippen LogP contribution in [0.3, 0.4) is 0 Å². The molecule has 17 nitrogen and oxygen atoms in total. The van der Waals surface area contributed by atoms with E-state index in [1.807, 2.05) is 0 Å². The highest BCUT2D eigenvalue weighted by Gasteiger charge is 2.70. The van der Waals surface area contributed by atoms with Gasteiger partial charge in [-0.1, -0.05) is 27.7 Å². The fourth-order valence-electron chi connectivity index (χ4n) is 13.8. The van der Waals surface area contributed by atoms with Gasteiger partial charge in [-0.05, 0) is 85.4 Å². The SMILES string of the molecule is C[C@@H]1CC[C@@]2(OC1)O[C@H]1C[C@H]3[C@@H]4CC(=O)[C@H]5C[C@@H](O[C@@H]6O[C@H](CO[C@@H]7OC[C@H](O)[C@H](O)[C@H]7O)[C@@H](O[C@@H]7OC[C@@H](O)[C@H](O)[C@H]7O)[C@H](O)[C@H]6O)CC[C@]5(C)[C@H]4CC[C@]3(C)[C@H]1[C@@H]2C. The van der Waals surface area contributed by atoms with Crippen LogP contribution in [0.25, 0.3) is 0 Å². The van der Waals surface area contributed by atoms with Gasteiger partial charge in [0.2, 0.25) is 0 Å². The van der Waals surface area contributed by atoms with Gasteiger partial charge in [0.1, 0.15) is 66.8 Å². The van der Waals surface area contributed by atoms with Crippen molar-refractivity contribution >= 4 is 5.78 Å². The van der Waals surface area contributed by atoms with Gasteiger partial charge in [0.05, 0.1) is 38.6 Å². The maximum absolute atomic E-state index is 14.4. The molecule has 0 amide bonds. The van der Waals surface area contributed by atoms with Crippen molar-refractivity contribution < 1.29 is 83.5 Å². The molecule has 0 bridgehead atoms. The first-order valence-corrected chi connectivity index (χ1v) is 22.6. The normalized spacial score (nSPS) is 58.0. The van der Waals surface area contributed by atoms with Crippen LogP contribution in [-0.4, -0.2) is 171 Å². The Kier molecular flexibility index (Phi) is 12.1. The summed E-state index contributed by atoms with van der Waals surface area (Å²) >= 11 is 0. The highest BCUT2D eigenvalue weighted by molar-refractivity contribution is 5.83. The van der Waals surface area contributed by atoms with Crippen LogP contribution in [0, 0.1) is 52.3 Å². The van der Waals surface area contributed by atoms with E-state index in [4.69, 9.17) is 37.9 Å². The minimum Gasteiger partial charge on any atom is -0.388 e. The Morgan fingerprint density at radius 1 is 0.700 bits per heavy atom. The van der Waals surface area contributed by atoms with Gasteiger partial charge in [-0.3, -0.25) is 4.79 Å². The zero-order valence-electron chi connectivity index (χ0n) is 35.1. The summed E-state index contributed by atoms with van der Waals surface area (Å²) in [5.74, 6) is 1.79.